The predicted molar refractivity (Wildman–Crippen MR) is 167 cm³/mol. The molecule has 0 bridgehead atoms. The van der Waals surface area contributed by atoms with Gasteiger partial charge in [-0.1, -0.05) is 94.7 Å². The molecular weight excluding hydrogens is 562 g/mol. The van der Waals surface area contributed by atoms with Crippen LogP contribution in [-0.4, -0.2) is 66.5 Å². The van der Waals surface area contributed by atoms with Gasteiger partial charge in [-0.15, -0.1) is 21.9 Å². The molecule has 0 saturated heterocycles. The third-order valence-corrected chi connectivity index (χ3v) is 8.38. The summed E-state index contributed by atoms with van der Waals surface area (Å²) in [4.78, 5) is 4.16. The van der Waals surface area contributed by atoms with Crippen molar-refractivity contribution in [1.82, 2.24) is 25.0 Å². The van der Waals surface area contributed by atoms with Crippen LogP contribution in [0.5, 0.6) is 5.75 Å². The maximum Gasteiger partial charge on any atom is 0.236 e. The average molecular weight is 610 g/mol. The zero-order valence-electron chi connectivity index (χ0n) is 24.7. The Balaban J connectivity index is 0.000000406. The van der Waals surface area contributed by atoms with Gasteiger partial charge in [-0.05, 0) is 37.8 Å². The van der Waals surface area contributed by atoms with Crippen LogP contribution in [0.2, 0.25) is 0 Å². The molecule has 8 nitrogen and oxygen atoms in total. The van der Waals surface area contributed by atoms with Crippen molar-refractivity contribution in [2.24, 2.45) is 0 Å². The first-order valence-corrected chi connectivity index (χ1v) is 16.2. The number of aromatic nitrogens is 5. The van der Waals surface area contributed by atoms with E-state index in [1.54, 1.807) is 24.3 Å². The highest BCUT2D eigenvalue weighted by Crippen LogP contribution is 2.32. The lowest BCUT2D eigenvalue weighted by atomic mass is 10.1. The van der Waals surface area contributed by atoms with Crippen molar-refractivity contribution in [3.8, 4) is 21.5 Å². The molecule has 3 aromatic rings. The SMILES string of the molecule is C=CCSc1nc(N)n(-c2nnc(-c3ccccc3O)s2)n1.CCCC[N+](CCCC)(CCCC)CCCC.[Cl-]. The first kappa shape index (κ1) is 35.9. The van der Waals surface area contributed by atoms with Crippen molar-refractivity contribution < 1.29 is 22.0 Å². The molecule has 0 saturated carbocycles. The number of anilines is 1. The summed E-state index contributed by atoms with van der Waals surface area (Å²) in [5, 5.41) is 23.9. The highest BCUT2D eigenvalue weighted by Gasteiger charge is 2.24. The van der Waals surface area contributed by atoms with E-state index in [0.717, 1.165) is 0 Å². The Morgan fingerprint density at radius 1 is 0.950 bits per heavy atom. The second-order valence-electron chi connectivity index (χ2n) is 9.82. The number of benzene rings is 1. The number of quaternary nitrogens is 1. The lowest BCUT2D eigenvalue weighted by molar-refractivity contribution is -0.929. The maximum absolute atomic E-state index is 9.87. The highest BCUT2D eigenvalue weighted by atomic mass is 35.5. The number of halogens is 1. The van der Waals surface area contributed by atoms with Crippen molar-refractivity contribution in [1.29, 1.82) is 0 Å². The maximum atomic E-state index is 9.87. The summed E-state index contributed by atoms with van der Waals surface area (Å²) in [6.45, 7) is 18.7. The monoisotopic (exact) mass is 609 g/mol. The standard InChI is InChI=1S/C16H36N.C13H12N6OS2.ClH/c1-5-9-13-17(14-10-6-2,15-11-7-3)16-12-8-4;1-2-7-21-12-15-11(14)19(18-12)13-17-16-10(22-13)8-5-3-4-6-9(8)20;/h5-16H2,1-4H3;2-6,20H,1,7H2,(H2,14,15,18);1H/q+1;;/p-1. The van der Waals surface area contributed by atoms with Crippen LogP contribution in [0.3, 0.4) is 0 Å². The zero-order valence-corrected chi connectivity index (χ0v) is 27.1. The molecule has 11 heteroatoms. The van der Waals surface area contributed by atoms with Gasteiger partial charge in [0.1, 0.15) is 5.75 Å². The Labute approximate surface area is 255 Å². The number of thioether (sulfide) groups is 1. The molecule has 0 radical (unpaired) electrons. The molecule has 0 spiro atoms. The van der Waals surface area contributed by atoms with E-state index in [-0.39, 0.29) is 24.1 Å². The van der Waals surface area contributed by atoms with Gasteiger partial charge in [-0.3, -0.25) is 0 Å². The number of para-hydroxylation sites is 1. The molecule has 0 atom stereocenters. The molecule has 0 unspecified atom stereocenters. The van der Waals surface area contributed by atoms with Crippen LogP contribution in [0.15, 0.2) is 42.1 Å². The van der Waals surface area contributed by atoms with Crippen molar-refractivity contribution in [3.63, 3.8) is 0 Å². The summed E-state index contributed by atoms with van der Waals surface area (Å²) < 4.78 is 2.86. The Morgan fingerprint density at radius 3 is 2.00 bits per heavy atom. The number of hydrogen-bond acceptors (Lipinski definition) is 8. The van der Waals surface area contributed by atoms with Gasteiger partial charge in [0, 0.05) is 5.75 Å². The van der Waals surface area contributed by atoms with E-state index in [1.807, 2.05) is 6.07 Å². The fourth-order valence-corrected chi connectivity index (χ4v) is 5.75. The summed E-state index contributed by atoms with van der Waals surface area (Å²) in [5.74, 6) is 1.09. The number of aromatic hydroxyl groups is 1. The second-order valence-corrected chi connectivity index (χ2v) is 11.8. The lowest BCUT2D eigenvalue weighted by Gasteiger charge is -2.39. The molecule has 2 aromatic heterocycles. The molecule has 1 aromatic carbocycles. The average Bonchev–Trinajstić information content (AvgIpc) is 3.58. The van der Waals surface area contributed by atoms with E-state index >= 15 is 0 Å². The Morgan fingerprint density at radius 2 is 1.50 bits per heavy atom. The molecule has 3 rings (SSSR count). The summed E-state index contributed by atoms with van der Waals surface area (Å²) >= 11 is 2.70. The first-order valence-electron chi connectivity index (χ1n) is 14.4. The van der Waals surface area contributed by atoms with Gasteiger partial charge >= 0.3 is 0 Å². The molecule has 224 valence electrons. The van der Waals surface area contributed by atoms with Gasteiger partial charge < -0.3 is 27.7 Å². The number of rotatable bonds is 17. The predicted octanol–water partition coefficient (Wildman–Crippen LogP) is 4.36. The van der Waals surface area contributed by atoms with Gasteiger partial charge in [0.15, 0.2) is 5.01 Å². The highest BCUT2D eigenvalue weighted by molar-refractivity contribution is 7.99. The summed E-state index contributed by atoms with van der Waals surface area (Å²) in [6.07, 6.45) is 12.8. The number of unbranched alkanes of at least 4 members (excludes halogenated alkanes) is 4. The quantitative estimate of drug-likeness (QED) is 0.133. The molecule has 0 fully saturated rings. The minimum Gasteiger partial charge on any atom is -1.00 e. The number of nitrogens with two attached hydrogens (primary N) is 1. The number of phenols is 1. The fraction of sp³-hybridized carbons (Fsp3) is 0.586. The van der Waals surface area contributed by atoms with Crippen molar-refractivity contribution in [2.75, 3.05) is 37.7 Å². The number of hydrogen-bond donors (Lipinski definition) is 2. The third-order valence-electron chi connectivity index (χ3n) is 6.62. The van der Waals surface area contributed by atoms with Gasteiger partial charge in [-0.2, -0.15) is 9.67 Å². The van der Waals surface area contributed by atoms with E-state index in [9.17, 15) is 5.11 Å². The van der Waals surface area contributed by atoms with Gasteiger partial charge in [0.05, 0.1) is 31.7 Å². The first-order chi connectivity index (χ1) is 18.9. The van der Waals surface area contributed by atoms with Crippen LogP contribution in [-0.2, 0) is 0 Å². The van der Waals surface area contributed by atoms with E-state index in [2.05, 4.69) is 54.6 Å². The smallest absolute Gasteiger partial charge is 0.236 e. The Hall–Kier alpha value is -2.14. The normalized spacial score (nSPS) is 11.0. The molecule has 3 N–H and O–H groups in total. The van der Waals surface area contributed by atoms with E-state index in [4.69, 9.17) is 5.73 Å². The largest absolute Gasteiger partial charge is 1.00 e. The Bertz CT molecular complexity index is 1070. The van der Waals surface area contributed by atoms with Crippen LogP contribution in [0.25, 0.3) is 15.7 Å². The van der Waals surface area contributed by atoms with Crippen molar-refractivity contribution in [2.45, 2.75) is 84.2 Å². The summed E-state index contributed by atoms with van der Waals surface area (Å²) in [7, 11) is 0. The molecule has 0 aliphatic rings. The number of nitrogen functional groups attached to an aromatic ring is 1. The van der Waals surface area contributed by atoms with Gasteiger partial charge in [0.25, 0.3) is 0 Å². The van der Waals surface area contributed by atoms with Crippen LogP contribution in [0, 0.1) is 0 Å². The summed E-state index contributed by atoms with van der Waals surface area (Å²) in [6, 6.07) is 6.95. The Kier molecular flexibility index (Phi) is 17.8. The molecule has 40 heavy (non-hydrogen) atoms. The second kappa shape index (κ2) is 19.9. The molecule has 2 heterocycles. The fourth-order valence-electron chi connectivity index (χ4n) is 4.35. The van der Waals surface area contributed by atoms with Gasteiger partial charge in [-0.25, -0.2) is 0 Å². The minimum absolute atomic E-state index is 0. The minimum atomic E-state index is 0. The number of nitrogens with zero attached hydrogens (tertiary/aromatic N) is 6. The number of phenolic OH excluding ortho intramolecular Hbond substituents is 1. The van der Waals surface area contributed by atoms with Crippen LogP contribution < -0.4 is 18.1 Å². The van der Waals surface area contributed by atoms with E-state index < -0.39 is 0 Å². The van der Waals surface area contributed by atoms with Crippen molar-refractivity contribution >= 4 is 29.0 Å². The van der Waals surface area contributed by atoms with E-state index in [1.165, 1.54) is 110 Å². The van der Waals surface area contributed by atoms with Crippen LogP contribution in [0.4, 0.5) is 5.95 Å². The zero-order chi connectivity index (χ0) is 28.5. The third kappa shape index (κ3) is 11.4. The van der Waals surface area contributed by atoms with E-state index in [0.29, 0.717) is 26.6 Å². The molecule has 0 amide bonds. The van der Waals surface area contributed by atoms with Crippen LogP contribution in [0.1, 0.15) is 79.1 Å². The lowest BCUT2D eigenvalue weighted by Crippen LogP contribution is -3.00. The van der Waals surface area contributed by atoms with Crippen LogP contribution >= 0.6 is 23.1 Å². The molecule has 0 aliphatic carbocycles. The summed E-state index contributed by atoms with van der Waals surface area (Å²) in [5.41, 5.74) is 6.48. The van der Waals surface area contributed by atoms with Gasteiger partial charge in [0.2, 0.25) is 16.2 Å². The molecular formula is C29H48ClN7OS2. The topological polar surface area (TPSA) is 103 Å². The molecule has 0 aliphatic heterocycles. The van der Waals surface area contributed by atoms with Crippen molar-refractivity contribution in [3.05, 3.63) is 36.9 Å².